The van der Waals surface area contributed by atoms with E-state index >= 15 is 0 Å². The molecule has 4 nitrogen and oxygen atoms in total. The molecular formula is C10H19NO3. The van der Waals surface area contributed by atoms with Gasteiger partial charge in [0, 0.05) is 13.2 Å². The van der Waals surface area contributed by atoms with Gasteiger partial charge in [-0.15, -0.1) is 6.58 Å². The highest BCUT2D eigenvalue weighted by Gasteiger charge is 2.11. The zero-order valence-electron chi connectivity index (χ0n) is 8.66. The number of hydrogen-bond acceptors (Lipinski definition) is 3. The molecule has 0 aromatic heterocycles. The Morgan fingerprint density at radius 2 is 2.43 bits per heavy atom. The Balaban J connectivity index is 3.49. The van der Waals surface area contributed by atoms with E-state index in [-0.39, 0.29) is 12.5 Å². The summed E-state index contributed by atoms with van der Waals surface area (Å²) in [6, 6.07) is 0. The molecule has 0 aromatic carbocycles. The van der Waals surface area contributed by atoms with Gasteiger partial charge in [0.25, 0.3) is 0 Å². The second kappa shape index (κ2) is 8.72. The van der Waals surface area contributed by atoms with E-state index in [1.165, 1.54) is 0 Å². The molecule has 0 aliphatic carbocycles. The summed E-state index contributed by atoms with van der Waals surface area (Å²) in [5.74, 6) is -0.137. The number of rotatable bonds is 8. The van der Waals surface area contributed by atoms with Gasteiger partial charge in [-0.05, 0) is 19.8 Å². The van der Waals surface area contributed by atoms with Crippen molar-refractivity contribution in [3.05, 3.63) is 12.7 Å². The van der Waals surface area contributed by atoms with Gasteiger partial charge in [-0.3, -0.25) is 4.79 Å². The fourth-order valence-corrected chi connectivity index (χ4v) is 0.838. The minimum Gasteiger partial charge on any atom is -0.396 e. The van der Waals surface area contributed by atoms with Crippen molar-refractivity contribution in [2.75, 3.05) is 19.8 Å². The lowest BCUT2D eigenvalue weighted by Crippen LogP contribution is -2.35. The summed E-state index contributed by atoms with van der Waals surface area (Å²) in [6.45, 7) is 6.35. The lowest BCUT2D eigenvalue weighted by atomic mass is 10.3. The van der Waals surface area contributed by atoms with Gasteiger partial charge in [0.2, 0.25) is 5.91 Å². The number of carbonyl (C=O) groups excluding carboxylic acids is 1. The summed E-state index contributed by atoms with van der Waals surface area (Å²) >= 11 is 0. The van der Waals surface area contributed by atoms with Crippen LogP contribution in [0.2, 0.25) is 0 Å². The largest absolute Gasteiger partial charge is 0.396 e. The molecule has 1 unspecified atom stereocenters. The first-order valence-corrected chi connectivity index (χ1v) is 4.83. The molecule has 0 saturated heterocycles. The summed E-state index contributed by atoms with van der Waals surface area (Å²) in [4.78, 5) is 11.3. The molecule has 0 rings (SSSR count). The quantitative estimate of drug-likeness (QED) is 0.443. The van der Waals surface area contributed by atoms with Gasteiger partial charge in [0.05, 0.1) is 6.61 Å². The normalized spacial score (nSPS) is 12.1. The Morgan fingerprint density at radius 1 is 1.71 bits per heavy atom. The van der Waals surface area contributed by atoms with Crippen molar-refractivity contribution in [3.63, 3.8) is 0 Å². The zero-order chi connectivity index (χ0) is 10.8. The first kappa shape index (κ1) is 13.1. The maximum Gasteiger partial charge on any atom is 0.248 e. The monoisotopic (exact) mass is 201 g/mol. The third-order valence-corrected chi connectivity index (χ3v) is 1.69. The lowest BCUT2D eigenvalue weighted by Gasteiger charge is -2.12. The van der Waals surface area contributed by atoms with Gasteiger partial charge in [-0.1, -0.05) is 6.08 Å². The molecule has 4 heteroatoms. The van der Waals surface area contributed by atoms with Crippen molar-refractivity contribution in [1.29, 1.82) is 0 Å². The molecule has 0 aliphatic rings. The molecule has 0 heterocycles. The Labute approximate surface area is 85.0 Å². The van der Waals surface area contributed by atoms with Crippen LogP contribution in [0.1, 0.15) is 19.8 Å². The van der Waals surface area contributed by atoms with E-state index in [0.717, 1.165) is 6.42 Å². The van der Waals surface area contributed by atoms with E-state index in [1.807, 2.05) is 0 Å². The van der Waals surface area contributed by atoms with Gasteiger partial charge in [0.1, 0.15) is 6.10 Å². The molecule has 0 saturated carbocycles. The van der Waals surface area contributed by atoms with Crippen LogP contribution in [0.4, 0.5) is 0 Å². The highest BCUT2D eigenvalue weighted by molar-refractivity contribution is 5.80. The first-order valence-electron chi connectivity index (χ1n) is 4.83. The van der Waals surface area contributed by atoms with Crippen molar-refractivity contribution in [3.8, 4) is 0 Å². The van der Waals surface area contributed by atoms with Crippen molar-refractivity contribution in [1.82, 2.24) is 5.32 Å². The molecule has 2 N–H and O–H groups in total. The van der Waals surface area contributed by atoms with Crippen LogP contribution in [0.3, 0.4) is 0 Å². The predicted octanol–water partition coefficient (Wildman–Crippen LogP) is 0.466. The Kier molecular flexibility index (Phi) is 8.17. The van der Waals surface area contributed by atoms with Crippen molar-refractivity contribution < 1.29 is 14.6 Å². The van der Waals surface area contributed by atoms with E-state index in [2.05, 4.69) is 11.9 Å². The second-order valence-corrected chi connectivity index (χ2v) is 2.96. The molecule has 82 valence electrons. The number of aliphatic hydroxyl groups excluding tert-OH is 1. The highest BCUT2D eigenvalue weighted by Crippen LogP contribution is 1.93. The van der Waals surface area contributed by atoms with Crippen LogP contribution in [-0.4, -0.2) is 36.9 Å². The van der Waals surface area contributed by atoms with Crippen molar-refractivity contribution >= 4 is 5.91 Å². The van der Waals surface area contributed by atoms with Gasteiger partial charge in [0.15, 0.2) is 0 Å². The molecule has 0 aliphatic heterocycles. The average Bonchev–Trinajstić information content (AvgIpc) is 2.18. The fourth-order valence-electron chi connectivity index (χ4n) is 0.838. The number of hydrogen-bond donors (Lipinski definition) is 2. The number of aliphatic hydroxyl groups is 1. The van der Waals surface area contributed by atoms with Crippen LogP contribution in [0.15, 0.2) is 12.7 Å². The van der Waals surface area contributed by atoms with Crippen LogP contribution in [0.5, 0.6) is 0 Å². The zero-order valence-corrected chi connectivity index (χ0v) is 8.66. The third-order valence-electron chi connectivity index (χ3n) is 1.69. The number of carbonyl (C=O) groups is 1. The SMILES string of the molecule is C=CCCOC(C)C(=O)NCCCO. The smallest absolute Gasteiger partial charge is 0.248 e. The molecule has 0 spiro atoms. The van der Waals surface area contributed by atoms with Gasteiger partial charge in [-0.2, -0.15) is 0 Å². The van der Waals surface area contributed by atoms with E-state index in [0.29, 0.717) is 19.6 Å². The van der Waals surface area contributed by atoms with Gasteiger partial charge >= 0.3 is 0 Å². The van der Waals surface area contributed by atoms with Crippen molar-refractivity contribution in [2.45, 2.75) is 25.9 Å². The average molecular weight is 201 g/mol. The molecule has 1 atom stereocenters. The minimum atomic E-state index is -0.436. The van der Waals surface area contributed by atoms with E-state index in [9.17, 15) is 4.79 Å². The summed E-state index contributed by atoms with van der Waals surface area (Å²) in [6.07, 6.45) is 2.63. The summed E-state index contributed by atoms with van der Waals surface area (Å²) in [5.41, 5.74) is 0. The van der Waals surface area contributed by atoms with Gasteiger partial charge < -0.3 is 15.2 Å². The Morgan fingerprint density at radius 3 is 3.00 bits per heavy atom. The summed E-state index contributed by atoms with van der Waals surface area (Å²) in [7, 11) is 0. The minimum absolute atomic E-state index is 0.0893. The Hall–Kier alpha value is -0.870. The lowest BCUT2D eigenvalue weighted by molar-refractivity contribution is -0.131. The fraction of sp³-hybridized carbons (Fsp3) is 0.700. The maximum absolute atomic E-state index is 11.3. The molecule has 0 aromatic rings. The van der Waals surface area contributed by atoms with Crippen molar-refractivity contribution in [2.24, 2.45) is 0 Å². The molecule has 1 amide bonds. The second-order valence-electron chi connectivity index (χ2n) is 2.96. The molecule has 0 fully saturated rings. The number of ether oxygens (including phenoxy) is 1. The van der Waals surface area contributed by atoms with E-state index in [4.69, 9.17) is 9.84 Å². The van der Waals surface area contributed by atoms with E-state index < -0.39 is 6.10 Å². The van der Waals surface area contributed by atoms with Crippen LogP contribution in [-0.2, 0) is 9.53 Å². The van der Waals surface area contributed by atoms with Crippen LogP contribution < -0.4 is 5.32 Å². The number of nitrogens with one attached hydrogen (secondary N) is 1. The first-order chi connectivity index (χ1) is 6.72. The molecular weight excluding hydrogens is 182 g/mol. The topological polar surface area (TPSA) is 58.6 Å². The molecule has 0 bridgehead atoms. The van der Waals surface area contributed by atoms with Crippen LogP contribution >= 0.6 is 0 Å². The highest BCUT2D eigenvalue weighted by atomic mass is 16.5. The summed E-state index contributed by atoms with van der Waals surface area (Å²) < 4.78 is 5.23. The number of amides is 1. The van der Waals surface area contributed by atoms with E-state index in [1.54, 1.807) is 13.0 Å². The molecule has 14 heavy (non-hydrogen) atoms. The molecule has 0 radical (unpaired) electrons. The van der Waals surface area contributed by atoms with Gasteiger partial charge in [-0.25, -0.2) is 0 Å². The third kappa shape index (κ3) is 6.62. The van der Waals surface area contributed by atoms with Crippen LogP contribution in [0.25, 0.3) is 0 Å². The standard InChI is InChI=1S/C10H19NO3/c1-3-4-8-14-9(2)10(13)11-6-5-7-12/h3,9,12H,1,4-8H2,2H3,(H,11,13). The summed E-state index contributed by atoms with van der Waals surface area (Å²) in [5, 5.41) is 11.2. The maximum atomic E-state index is 11.3. The Bertz CT molecular complexity index is 171. The van der Waals surface area contributed by atoms with Crippen LogP contribution in [0, 0.1) is 0 Å². The predicted molar refractivity (Wildman–Crippen MR) is 54.9 cm³/mol.